The molecule has 0 unspecified atom stereocenters. The second kappa shape index (κ2) is 7.01. The van der Waals surface area contributed by atoms with E-state index in [1.165, 1.54) is 16.4 Å². The molecule has 2 heterocycles. The van der Waals surface area contributed by atoms with Crippen LogP contribution in [0.1, 0.15) is 11.5 Å². The maximum atomic E-state index is 12.9. The van der Waals surface area contributed by atoms with E-state index in [4.69, 9.17) is 0 Å². The van der Waals surface area contributed by atoms with Crippen LogP contribution in [0, 0.1) is 0 Å². The molecule has 0 aliphatic carbocycles. The molecule has 2 fully saturated rings. The van der Waals surface area contributed by atoms with Crippen LogP contribution in [-0.4, -0.2) is 60.4 Å². The Balaban J connectivity index is 1.64. The molecule has 142 valence electrons. The lowest BCUT2D eigenvalue weighted by molar-refractivity contribution is -0.158. The number of benzene rings is 2. The lowest BCUT2D eigenvalue weighted by Gasteiger charge is -2.58. The standard InChI is InChI=1S/C19H19BrN2O4S/c20-14-8-6-13(7-9-14)19-16-10-21(11-18(24)22(16)17(19)12-23)27(25,26)15-4-2-1-3-5-15/h1-9,16-17,19,23H,10-12H2/t16-,17-,19-/m0/s1. The van der Waals surface area contributed by atoms with E-state index in [0.29, 0.717) is 0 Å². The molecule has 3 atom stereocenters. The first kappa shape index (κ1) is 18.6. The summed E-state index contributed by atoms with van der Waals surface area (Å²) < 4.78 is 28.1. The van der Waals surface area contributed by atoms with E-state index >= 15 is 0 Å². The van der Waals surface area contributed by atoms with Gasteiger partial charge in [-0.2, -0.15) is 4.31 Å². The van der Waals surface area contributed by atoms with E-state index in [0.717, 1.165) is 10.0 Å². The molecular weight excluding hydrogens is 432 g/mol. The molecule has 2 saturated heterocycles. The Bertz CT molecular complexity index is 949. The van der Waals surface area contributed by atoms with Crippen LogP contribution in [0.25, 0.3) is 0 Å². The molecule has 0 spiro atoms. The third-order valence-electron chi connectivity index (χ3n) is 5.36. The van der Waals surface area contributed by atoms with Crippen molar-refractivity contribution in [2.24, 2.45) is 0 Å². The molecular formula is C19H19BrN2O4S. The van der Waals surface area contributed by atoms with Gasteiger partial charge in [0.2, 0.25) is 15.9 Å². The lowest BCUT2D eigenvalue weighted by atomic mass is 9.74. The van der Waals surface area contributed by atoms with Crippen molar-refractivity contribution in [2.45, 2.75) is 22.9 Å². The summed E-state index contributed by atoms with van der Waals surface area (Å²) in [4.78, 5) is 14.5. The Morgan fingerprint density at radius 2 is 1.74 bits per heavy atom. The zero-order valence-corrected chi connectivity index (χ0v) is 16.8. The van der Waals surface area contributed by atoms with Crippen molar-refractivity contribution in [3.63, 3.8) is 0 Å². The van der Waals surface area contributed by atoms with Crippen molar-refractivity contribution >= 4 is 31.9 Å². The number of piperazine rings is 1. The van der Waals surface area contributed by atoms with Gasteiger partial charge < -0.3 is 10.0 Å². The summed E-state index contributed by atoms with van der Waals surface area (Å²) in [5.41, 5.74) is 0.991. The van der Waals surface area contributed by atoms with Gasteiger partial charge in [0.1, 0.15) is 0 Å². The van der Waals surface area contributed by atoms with Crippen LogP contribution in [0.5, 0.6) is 0 Å². The van der Waals surface area contributed by atoms with Crippen LogP contribution in [0.3, 0.4) is 0 Å². The Kier molecular flexibility index (Phi) is 4.84. The highest BCUT2D eigenvalue weighted by Gasteiger charge is 2.55. The van der Waals surface area contributed by atoms with E-state index in [1.54, 1.807) is 23.1 Å². The molecule has 2 aliphatic heterocycles. The predicted molar refractivity (Wildman–Crippen MR) is 104 cm³/mol. The second-order valence-electron chi connectivity index (χ2n) is 6.81. The lowest BCUT2D eigenvalue weighted by Crippen LogP contribution is -2.73. The Hall–Kier alpha value is -1.74. The van der Waals surface area contributed by atoms with Gasteiger partial charge >= 0.3 is 0 Å². The normalized spacial score (nSPS) is 25.8. The summed E-state index contributed by atoms with van der Waals surface area (Å²) in [6.07, 6.45) is 0. The summed E-state index contributed by atoms with van der Waals surface area (Å²) in [5, 5.41) is 9.80. The van der Waals surface area contributed by atoms with Crippen LogP contribution in [0.2, 0.25) is 0 Å². The van der Waals surface area contributed by atoms with Crippen molar-refractivity contribution < 1.29 is 18.3 Å². The van der Waals surface area contributed by atoms with Gasteiger partial charge in [0, 0.05) is 16.9 Å². The largest absolute Gasteiger partial charge is 0.394 e. The van der Waals surface area contributed by atoms with Crippen LogP contribution < -0.4 is 0 Å². The second-order valence-corrected chi connectivity index (χ2v) is 9.66. The fourth-order valence-corrected chi connectivity index (χ4v) is 5.77. The van der Waals surface area contributed by atoms with Gasteiger partial charge in [0.15, 0.2) is 0 Å². The summed E-state index contributed by atoms with van der Waals surface area (Å²) in [7, 11) is -3.74. The predicted octanol–water partition coefficient (Wildman–Crippen LogP) is 1.81. The number of amides is 1. The van der Waals surface area contributed by atoms with Crippen molar-refractivity contribution in [3.8, 4) is 0 Å². The highest BCUT2D eigenvalue weighted by Crippen LogP contribution is 2.43. The first-order valence-electron chi connectivity index (χ1n) is 8.66. The molecule has 0 aromatic heterocycles. The van der Waals surface area contributed by atoms with E-state index < -0.39 is 10.0 Å². The van der Waals surface area contributed by atoms with Gasteiger partial charge in [0.05, 0.1) is 30.1 Å². The number of hydrogen-bond donors (Lipinski definition) is 1. The maximum Gasteiger partial charge on any atom is 0.243 e. The molecule has 2 aromatic rings. The maximum absolute atomic E-state index is 12.9. The molecule has 0 radical (unpaired) electrons. The molecule has 6 nitrogen and oxygen atoms in total. The monoisotopic (exact) mass is 450 g/mol. The minimum Gasteiger partial charge on any atom is -0.394 e. The van der Waals surface area contributed by atoms with E-state index in [2.05, 4.69) is 15.9 Å². The number of aliphatic hydroxyl groups is 1. The Morgan fingerprint density at radius 3 is 2.37 bits per heavy atom. The zero-order valence-electron chi connectivity index (χ0n) is 14.4. The number of aliphatic hydroxyl groups excluding tert-OH is 1. The average molecular weight is 451 g/mol. The zero-order chi connectivity index (χ0) is 19.2. The quantitative estimate of drug-likeness (QED) is 0.770. The number of fused-ring (bicyclic) bond motifs is 1. The highest BCUT2D eigenvalue weighted by atomic mass is 79.9. The van der Waals surface area contributed by atoms with Gasteiger partial charge in [-0.3, -0.25) is 4.79 Å². The highest BCUT2D eigenvalue weighted by molar-refractivity contribution is 9.10. The minimum atomic E-state index is -3.74. The number of carbonyl (C=O) groups is 1. The van der Waals surface area contributed by atoms with Crippen LogP contribution in [0.4, 0.5) is 0 Å². The number of rotatable bonds is 4. The third-order valence-corrected chi connectivity index (χ3v) is 7.71. The van der Waals surface area contributed by atoms with Gasteiger partial charge in [-0.05, 0) is 29.8 Å². The van der Waals surface area contributed by atoms with Crippen molar-refractivity contribution in [2.75, 3.05) is 19.7 Å². The molecule has 1 amide bonds. The summed E-state index contributed by atoms with van der Waals surface area (Å²) >= 11 is 3.41. The molecule has 8 heteroatoms. The number of sulfonamides is 1. The van der Waals surface area contributed by atoms with Gasteiger partial charge in [-0.15, -0.1) is 0 Å². The fourth-order valence-electron chi connectivity index (χ4n) is 4.08. The Labute approximate surface area is 166 Å². The molecule has 4 rings (SSSR count). The number of nitrogens with zero attached hydrogens (tertiary/aromatic N) is 2. The van der Waals surface area contributed by atoms with Crippen LogP contribution in [0.15, 0.2) is 64.0 Å². The smallest absolute Gasteiger partial charge is 0.243 e. The number of halogens is 1. The van der Waals surface area contributed by atoms with Crippen molar-refractivity contribution in [1.82, 2.24) is 9.21 Å². The topological polar surface area (TPSA) is 77.9 Å². The summed E-state index contributed by atoms with van der Waals surface area (Å²) in [6.45, 7) is -0.119. The molecule has 0 bridgehead atoms. The van der Waals surface area contributed by atoms with Gasteiger partial charge in [-0.25, -0.2) is 8.42 Å². The van der Waals surface area contributed by atoms with Crippen molar-refractivity contribution in [3.05, 3.63) is 64.6 Å². The van der Waals surface area contributed by atoms with Crippen molar-refractivity contribution in [1.29, 1.82) is 0 Å². The minimum absolute atomic E-state index is 0.0965. The summed E-state index contributed by atoms with van der Waals surface area (Å²) in [5.74, 6) is -0.362. The van der Waals surface area contributed by atoms with E-state index in [-0.39, 0.29) is 48.5 Å². The molecule has 2 aliphatic rings. The third kappa shape index (κ3) is 3.10. The number of carbonyl (C=O) groups excluding carboxylic acids is 1. The van der Waals surface area contributed by atoms with Crippen LogP contribution >= 0.6 is 15.9 Å². The average Bonchev–Trinajstić information content (AvgIpc) is 2.65. The van der Waals surface area contributed by atoms with E-state index in [9.17, 15) is 18.3 Å². The molecule has 0 saturated carbocycles. The van der Waals surface area contributed by atoms with E-state index in [1.807, 2.05) is 24.3 Å². The first-order valence-corrected chi connectivity index (χ1v) is 10.9. The van der Waals surface area contributed by atoms with Crippen LogP contribution in [-0.2, 0) is 14.8 Å². The molecule has 27 heavy (non-hydrogen) atoms. The molecule has 2 aromatic carbocycles. The molecule has 1 N–H and O–H groups in total. The Morgan fingerprint density at radius 1 is 1.07 bits per heavy atom. The first-order chi connectivity index (χ1) is 12.9. The van der Waals surface area contributed by atoms with Gasteiger partial charge in [-0.1, -0.05) is 46.3 Å². The summed E-state index contributed by atoms with van der Waals surface area (Å²) in [6, 6.07) is 15.3. The van der Waals surface area contributed by atoms with Gasteiger partial charge in [0.25, 0.3) is 0 Å². The SMILES string of the molecule is O=C1CN(S(=O)(=O)c2ccccc2)C[C@H]2[C@H](c3ccc(Br)cc3)[C@H](CO)N12. The fraction of sp³-hybridized carbons (Fsp3) is 0.316. The number of hydrogen-bond acceptors (Lipinski definition) is 4.